The second-order valence-corrected chi connectivity index (χ2v) is 1.30. The van der Waals surface area contributed by atoms with E-state index in [0.29, 0.717) is 0 Å². The number of carbonyl (C=O) groups excluding carboxylic acids is 1. The molecule has 5 heteroatoms. The smallest absolute Gasteiger partial charge is 0.407 e. The van der Waals surface area contributed by atoms with Crippen LogP contribution >= 0.6 is 0 Å². The normalized spacial score (nSPS) is 7.17. The maximum atomic E-state index is 10.5. The molecule has 0 N–H and O–H groups in total. The highest BCUT2D eigenvalue weighted by Crippen LogP contribution is 1.85. The van der Waals surface area contributed by atoms with Gasteiger partial charge in [-0.15, -0.1) is 0 Å². The van der Waals surface area contributed by atoms with Crippen molar-refractivity contribution < 1.29 is 23.7 Å². The van der Waals surface area contributed by atoms with Gasteiger partial charge in [-0.05, 0) is 0 Å². The van der Waals surface area contributed by atoms with Crippen molar-refractivity contribution in [3.05, 3.63) is 0 Å². The molecule has 0 aliphatic heterocycles. The molecule has 0 radical (unpaired) electrons. The van der Waals surface area contributed by atoms with E-state index in [1.807, 2.05) is 0 Å². The zero-order valence-electron chi connectivity index (χ0n) is 6.11. The lowest BCUT2D eigenvalue weighted by Crippen LogP contribution is -2.10. The third kappa shape index (κ3) is 6.12. The summed E-state index contributed by atoms with van der Waals surface area (Å²) in [6, 6.07) is 0. The van der Waals surface area contributed by atoms with E-state index in [1.54, 1.807) is 12.2 Å². The van der Waals surface area contributed by atoms with Gasteiger partial charge in [0.25, 0.3) is 0 Å². The largest absolute Gasteiger partial charge is 0.514 e. The molecule has 0 saturated carbocycles. The molecule has 0 atom stereocenters. The molecule has 0 unspecified atom stereocenters. The Bertz CT molecular complexity index is 187. The van der Waals surface area contributed by atoms with Crippen LogP contribution in [0.5, 0.6) is 0 Å². The molecule has 0 aliphatic rings. The lowest BCUT2D eigenvalue weighted by Gasteiger charge is -2.02. The first-order chi connectivity index (χ1) is 5.81. The summed E-state index contributed by atoms with van der Waals surface area (Å²) in [7, 11) is 0. The highest BCUT2D eigenvalue weighted by atomic mass is 16.8. The lowest BCUT2D eigenvalue weighted by molar-refractivity contribution is -0.0389. The standard InChI is InChI=1S/C7H6O5/c1-3-9-5-11-7(8)12-6-10-4-2/h1-2H,5-6H2. The maximum Gasteiger partial charge on any atom is 0.514 e. The van der Waals surface area contributed by atoms with E-state index in [9.17, 15) is 4.79 Å². The number of terminal acetylenes is 2. The van der Waals surface area contributed by atoms with Crippen LogP contribution in [0, 0.1) is 25.1 Å². The number of hydrogen-bond donors (Lipinski definition) is 0. The van der Waals surface area contributed by atoms with Crippen LogP contribution in [0.25, 0.3) is 0 Å². The average molecular weight is 170 g/mol. The highest BCUT2D eigenvalue weighted by molar-refractivity contribution is 5.59. The van der Waals surface area contributed by atoms with Crippen LogP contribution in [0.15, 0.2) is 0 Å². The Labute approximate surface area is 69.5 Å². The number of carbonyl (C=O) groups is 1. The Balaban J connectivity index is 3.24. The third-order valence-corrected chi connectivity index (χ3v) is 0.638. The molecule has 0 heterocycles. The molecule has 0 fully saturated rings. The lowest BCUT2D eigenvalue weighted by atomic mass is 11.2. The first-order valence-electron chi connectivity index (χ1n) is 2.75. The molecular formula is C7H6O5. The van der Waals surface area contributed by atoms with E-state index in [-0.39, 0.29) is 13.6 Å². The summed E-state index contributed by atoms with van der Waals surface area (Å²) in [4.78, 5) is 10.5. The van der Waals surface area contributed by atoms with Gasteiger partial charge in [-0.3, -0.25) is 0 Å². The summed E-state index contributed by atoms with van der Waals surface area (Å²) in [5.41, 5.74) is 0. The summed E-state index contributed by atoms with van der Waals surface area (Å²) in [5, 5.41) is 0. The Morgan fingerprint density at radius 1 is 1.08 bits per heavy atom. The first-order valence-corrected chi connectivity index (χ1v) is 2.75. The van der Waals surface area contributed by atoms with Crippen molar-refractivity contribution in [1.82, 2.24) is 0 Å². The maximum absolute atomic E-state index is 10.5. The van der Waals surface area contributed by atoms with Crippen LogP contribution in [0.4, 0.5) is 4.79 Å². The number of rotatable bonds is 4. The predicted molar refractivity (Wildman–Crippen MR) is 37.1 cm³/mol. The van der Waals surface area contributed by atoms with E-state index >= 15 is 0 Å². The van der Waals surface area contributed by atoms with Gasteiger partial charge < -0.3 is 18.9 Å². The molecule has 5 nitrogen and oxygen atoms in total. The van der Waals surface area contributed by atoms with Crippen LogP contribution in [-0.4, -0.2) is 19.7 Å². The Hall–Kier alpha value is -2.01. The van der Waals surface area contributed by atoms with E-state index in [2.05, 4.69) is 31.8 Å². The summed E-state index contributed by atoms with van der Waals surface area (Å²) in [6.45, 7) is -0.739. The van der Waals surface area contributed by atoms with Crippen LogP contribution in [0.2, 0.25) is 0 Å². The van der Waals surface area contributed by atoms with Crippen molar-refractivity contribution in [2.24, 2.45) is 0 Å². The van der Waals surface area contributed by atoms with Crippen LogP contribution in [0.1, 0.15) is 0 Å². The van der Waals surface area contributed by atoms with Crippen LogP contribution < -0.4 is 0 Å². The Morgan fingerprint density at radius 2 is 1.50 bits per heavy atom. The van der Waals surface area contributed by atoms with Crippen molar-refractivity contribution in [2.75, 3.05) is 13.6 Å². The summed E-state index contributed by atoms with van der Waals surface area (Å²) in [6.07, 6.45) is 12.0. The fraction of sp³-hybridized carbons (Fsp3) is 0.286. The monoisotopic (exact) mass is 170 g/mol. The van der Waals surface area contributed by atoms with E-state index in [4.69, 9.17) is 0 Å². The van der Waals surface area contributed by atoms with E-state index in [0.717, 1.165) is 0 Å². The van der Waals surface area contributed by atoms with Crippen molar-refractivity contribution >= 4 is 6.16 Å². The second kappa shape index (κ2) is 7.10. The van der Waals surface area contributed by atoms with Gasteiger partial charge >= 0.3 is 6.16 Å². The van der Waals surface area contributed by atoms with Crippen molar-refractivity contribution in [3.8, 4) is 25.1 Å². The predicted octanol–water partition coefficient (Wildman–Crippen LogP) is 0.269. The van der Waals surface area contributed by atoms with Gasteiger partial charge in [0.05, 0.1) is 0 Å². The molecule has 0 aromatic carbocycles. The summed E-state index contributed by atoms with van der Waals surface area (Å²) >= 11 is 0. The fourth-order valence-corrected chi connectivity index (χ4v) is 0.265. The molecule has 0 amide bonds. The first kappa shape index (κ1) is 9.99. The van der Waals surface area contributed by atoms with Gasteiger partial charge in [-0.1, -0.05) is 12.8 Å². The molecule has 0 rings (SSSR count). The van der Waals surface area contributed by atoms with Gasteiger partial charge in [-0.2, -0.15) is 0 Å². The molecule has 0 aliphatic carbocycles. The zero-order chi connectivity index (χ0) is 9.23. The van der Waals surface area contributed by atoms with Gasteiger partial charge in [0.1, 0.15) is 12.2 Å². The highest BCUT2D eigenvalue weighted by Gasteiger charge is 2.01. The molecule has 0 bridgehead atoms. The van der Waals surface area contributed by atoms with Gasteiger partial charge in [-0.25, -0.2) is 4.79 Å². The molecular weight excluding hydrogens is 164 g/mol. The van der Waals surface area contributed by atoms with Gasteiger partial charge in [0.15, 0.2) is 0 Å². The average Bonchev–Trinajstić information content (AvgIpc) is 2.06. The summed E-state index contributed by atoms with van der Waals surface area (Å²) < 4.78 is 17.0. The topological polar surface area (TPSA) is 54.0 Å². The zero-order valence-corrected chi connectivity index (χ0v) is 6.11. The van der Waals surface area contributed by atoms with Crippen molar-refractivity contribution in [1.29, 1.82) is 0 Å². The third-order valence-electron chi connectivity index (χ3n) is 0.638. The fourth-order valence-electron chi connectivity index (χ4n) is 0.265. The van der Waals surface area contributed by atoms with E-state index in [1.165, 1.54) is 0 Å². The molecule has 0 aromatic rings. The molecule has 64 valence electrons. The minimum absolute atomic E-state index is 0.370. The second-order valence-electron chi connectivity index (χ2n) is 1.30. The quantitative estimate of drug-likeness (QED) is 0.262. The van der Waals surface area contributed by atoms with Crippen LogP contribution in [-0.2, 0) is 18.9 Å². The molecule has 0 aromatic heterocycles. The van der Waals surface area contributed by atoms with Gasteiger partial charge in [0, 0.05) is 0 Å². The summed E-state index contributed by atoms with van der Waals surface area (Å²) in [5.74, 6) is 0. The minimum Gasteiger partial charge on any atom is -0.407 e. The minimum atomic E-state index is -0.972. The number of ether oxygens (including phenoxy) is 4. The molecule has 0 saturated heterocycles. The Kier molecular flexibility index (Phi) is 5.91. The SMILES string of the molecule is C#COCOC(=O)OCOC#C. The number of hydrogen-bond acceptors (Lipinski definition) is 5. The van der Waals surface area contributed by atoms with Crippen molar-refractivity contribution in [2.45, 2.75) is 0 Å². The van der Waals surface area contributed by atoms with Gasteiger partial charge in [0.2, 0.25) is 13.6 Å². The Morgan fingerprint density at radius 3 is 1.83 bits per heavy atom. The van der Waals surface area contributed by atoms with Crippen LogP contribution in [0.3, 0.4) is 0 Å². The molecule has 0 spiro atoms. The van der Waals surface area contributed by atoms with Crippen molar-refractivity contribution in [3.63, 3.8) is 0 Å². The molecule has 12 heavy (non-hydrogen) atoms. The van der Waals surface area contributed by atoms with E-state index < -0.39 is 6.16 Å².